The van der Waals surface area contributed by atoms with Gasteiger partial charge in [0, 0.05) is 12.4 Å². The lowest BCUT2D eigenvalue weighted by molar-refractivity contribution is -0.138. The lowest BCUT2D eigenvalue weighted by Crippen LogP contribution is -2.31. The molecular weight excluding hydrogens is 259 g/mol. The van der Waals surface area contributed by atoms with E-state index in [-0.39, 0.29) is 4.88 Å². The van der Waals surface area contributed by atoms with Crippen molar-refractivity contribution in [1.29, 1.82) is 0 Å². The molecule has 17 heavy (non-hydrogen) atoms. The normalized spacial score (nSPS) is 11.3. The predicted octanol–water partition coefficient (Wildman–Crippen LogP) is 1.92. The zero-order valence-corrected chi connectivity index (χ0v) is 9.43. The molecule has 8 heteroatoms. The lowest BCUT2D eigenvalue weighted by atomic mass is 10.3. The number of carbonyl (C=O) groups is 2. The van der Waals surface area contributed by atoms with Gasteiger partial charge in [0.1, 0.15) is 6.54 Å². The Hall–Kier alpha value is -1.57. The van der Waals surface area contributed by atoms with Crippen molar-refractivity contribution < 1.29 is 27.9 Å². The Kier molecular flexibility index (Phi) is 3.76. The van der Waals surface area contributed by atoms with Gasteiger partial charge < -0.3 is 10.0 Å². The molecule has 0 aliphatic carbocycles. The minimum absolute atomic E-state index is 0.138. The van der Waals surface area contributed by atoms with Crippen LogP contribution in [0.5, 0.6) is 0 Å². The highest BCUT2D eigenvalue weighted by atomic mass is 32.1. The first-order valence-electron chi connectivity index (χ1n) is 4.35. The van der Waals surface area contributed by atoms with Crippen molar-refractivity contribution in [3.63, 3.8) is 0 Å². The van der Waals surface area contributed by atoms with Gasteiger partial charge in [0.15, 0.2) is 0 Å². The zero-order valence-electron chi connectivity index (χ0n) is 8.61. The SMILES string of the molecule is CN(CC(=O)O)C(=O)c1cc(C(F)(F)F)cs1. The zero-order chi connectivity index (χ0) is 13.2. The average Bonchev–Trinajstić information content (AvgIpc) is 2.63. The van der Waals surface area contributed by atoms with Gasteiger partial charge in [-0.25, -0.2) is 0 Å². The molecule has 0 aliphatic rings. The number of carboxylic acid groups (broad SMARTS) is 1. The number of likely N-dealkylation sites (N-methyl/N-ethyl adjacent to an activating group) is 1. The number of thiophene rings is 1. The summed E-state index contributed by atoms with van der Waals surface area (Å²) in [6, 6.07) is 0.714. The van der Waals surface area contributed by atoms with Crippen LogP contribution in [-0.4, -0.2) is 35.5 Å². The third kappa shape index (κ3) is 3.45. The van der Waals surface area contributed by atoms with E-state index in [2.05, 4.69) is 0 Å². The predicted molar refractivity (Wildman–Crippen MR) is 53.9 cm³/mol. The fraction of sp³-hybridized carbons (Fsp3) is 0.333. The molecule has 1 rings (SSSR count). The summed E-state index contributed by atoms with van der Waals surface area (Å²) in [6.45, 7) is -0.557. The van der Waals surface area contributed by atoms with Crippen LogP contribution in [0.3, 0.4) is 0 Å². The molecule has 0 aromatic carbocycles. The quantitative estimate of drug-likeness (QED) is 0.910. The first-order chi connectivity index (χ1) is 7.71. The average molecular weight is 267 g/mol. The number of hydrogen-bond donors (Lipinski definition) is 1. The number of rotatable bonds is 3. The summed E-state index contributed by atoms with van der Waals surface area (Å²) in [6.07, 6.45) is -4.50. The van der Waals surface area contributed by atoms with E-state index in [1.54, 1.807) is 0 Å². The van der Waals surface area contributed by atoms with Crippen LogP contribution in [0.1, 0.15) is 15.2 Å². The molecule has 1 N–H and O–H groups in total. The number of alkyl halides is 3. The third-order valence-corrected chi connectivity index (χ3v) is 2.77. The standard InChI is InChI=1S/C9H8F3NO3S/c1-13(3-7(14)15)8(16)6-2-5(4-17-6)9(10,11)12/h2,4H,3H2,1H3,(H,14,15). The van der Waals surface area contributed by atoms with E-state index in [4.69, 9.17) is 5.11 Å². The Labute approximate surface area is 98.3 Å². The summed E-state index contributed by atoms with van der Waals surface area (Å²) in [5, 5.41) is 9.26. The summed E-state index contributed by atoms with van der Waals surface area (Å²) in [7, 11) is 1.21. The molecule has 0 fully saturated rings. The second-order valence-electron chi connectivity index (χ2n) is 3.25. The van der Waals surface area contributed by atoms with Crippen molar-refractivity contribution in [2.45, 2.75) is 6.18 Å². The fourth-order valence-electron chi connectivity index (χ4n) is 1.06. The summed E-state index contributed by atoms with van der Waals surface area (Å²) < 4.78 is 36.8. The Balaban J connectivity index is 2.84. The molecular formula is C9H8F3NO3S. The highest BCUT2D eigenvalue weighted by molar-refractivity contribution is 7.12. The first-order valence-corrected chi connectivity index (χ1v) is 5.22. The van der Waals surface area contributed by atoms with Gasteiger partial charge in [0.2, 0.25) is 0 Å². The van der Waals surface area contributed by atoms with Crippen LogP contribution in [-0.2, 0) is 11.0 Å². The molecule has 0 saturated carbocycles. The number of aliphatic carboxylic acids is 1. The van der Waals surface area contributed by atoms with Gasteiger partial charge in [-0.05, 0) is 6.07 Å². The monoisotopic (exact) mass is 267 g/mol. The van der Waals surface area contributed by atoms with Crippen LogP contribution in [0.25, 0.3) is 0 Å². The van der Waals surface area contributed by atoms with Crippen LogP contribution >= 0.6 is 11.3 Å². The van der Waals surface area contributed by atoms with Crippen LogP contribution in [0.2, 0.25) is 0 Å². The molecule has 0 unspecified atom stereocenters. The number of nitrogens with zero attached hydrogens (tertiary/aromatic N) is 1. The third-order valence-electron chi connectivity index (χ3n) is 1.86. The second-order valence-corrected chi connectivity index (χ2v) is 4.16. The van der Waals surface area contributed by atoms with Crippen molar-refractivity contribution in [3.8, 4) is 0 Å². The maximum absolute atomic E-state index is 12.3. The minimum atomic E-state index is -4.50. The Bertz CT molecular complexity index is 441. The van der Waals surface area contributed by atoms with Crippen molar-refractivity contribution in [2.75, 3.05) is 13.6 Å². The van der Waals surface area contributed by atoms with Crippen LogP contribution in [0.4, 0.5) is 13.2 Å². The molecule has 1 aromatic heterocycles. The highest BCUT2D eigenvalue weighted by Gasteiger charge is 2.32. The van der Waals surface area contributed by atoms with Crippen LogP contribution < -0.4 is 0 Å². The van der Waals surface area contributed by atoms with Crippen LogP contribution in [0, 0.1) is 0 Å². The Morgan fingerprint density at radius 1 is 1.47 bits per heavy atom. The number of amides is 1. The second kappa shape index (κ2) is 4.74. The molecule has 0 spiro atoms. The smallest absolute Gasteiger partial charge is 0.417 e. The first kappa shape index (κ1) is 13.5. The van der Waals surface area contributed by atoms with Gasteiger partial charge in [-0.3, -0.25) is 9.59 Å². The fourth-order valence-corrected chi connectivity index (χ4v) is 1.97. The van der Waals surface area contributed by atoms with Crippen molar-refractivity contribution in [2.24, 2.45) is 0 Å². The molecule has 0 aliphatic heterocycles. The van der Waals surface area contributed by atoms with E-state index in [0.29, 0.717) is 17.4 Å². The van der Waals surface area contributed by atoms with Gasteiger partial charge in [-0.2, -0.15) is 13.2 Å². The molecule has 4 nitrogen and oxygen atoms in total. The maximum atomic E-state index is 12.3. The van der Waals surface area contributed by atoms with Gasteiger partial charge in [-0.1, -0.05) is 0 Å². The van der Waals surface area contributed by atoms with Gasteiger partial charge in [0.25, 0.3) is 5.91 Å². The van der Waals surface area contributed by atoms with E-state index in [9.17, 15) is 22.8 Å². The van der Waals surface area contributed by atoms with Crippen LogP contribution in [0.15, 0.2) is 11.4 Å². The van der Waals surface area contributed by atoms with E-state index in [0.717, 1.165) is 10.3 Å². The van der Waals surface area contributed by atoms with Crippen molar-refractivity contribution in [3.05, 3.63) is 21.9 Å². The van der Waals surface area contributed by atoms with Gasteiger partial charge in [0.05, 0.1) is 10.4 Å². The van der Waals surface area contributed by atoms with E-state index >= 15 is 0 Å². The lowest BCUT2D eigenvalue weighted by Gasteiger charge is -2.12. The number of carbonyl (C=O) groups excluding carboxylic acids is 1. The Morgan fingerprint density at radius 2 is 2.06 bits per heavy atom. The van der Waals surface area contributed by atoms with Crippen molar-refractivity contribution in [1.82, 2.24) is 4.90 Å². The van der Waals surface area contributed by atoms with E-state index in [1.807, 2.05) is 0 Å². The van der Waals surface area contributed by atoms with E-state index < -0.39 is 30.2 Å². The Morgan fingerprint density at radius 3 is 2.47 bits per heavy atom. The molecule has 1 heterocycles. The summed E-state index contributed by atoms with van der Waals surface area (Å²) in [5.41, 5.74) is -0.908. The van der Waals surface area contributed by atoms with E-state index in [1.165, 1.54) is 7.05 Å². The largest absolute Gasteiger partial charge is 0.480 e. The number of carboxylic acids is 1. The van der Waals surface area contributed by atoms with Gasteiger partial charge >= 0.3 is 12.1 Å². The molecule has 0 bridgehead atoms. The molecule has 1 amide bonds. The molecule has 1 aromatic rings. The molecule has 0 atom stereocenters. The number of hydrogen-bond acceptors (Lipinski definition) is 3. The molecule has 0 radical (unpaired) electrons. The highest BCUT2D eigenvalue weighted by Crippen LogP contribution is 2.32. The molecule has 94 valence electrons. The minimum Gasteiger partial charge on any atom is -0.480 e. The van der Waals surface area contributed by atoms with Gasteiger partial charge in [-0.15, -0.1) is 11.3 Å². The summed E-state index contributed by atoms with van der Waals surface area (Å²) in [5.74, 6) is -1.97. The summed E-state index contributed by atoms with van der Waals surface area (Å²) >= 11 is 0.636. The number of halogens is 3. The van der Waals surface area contributed by atoms with Crippen molar-refractivity contribution >= 4 is 23.2 Å². The topological polar surface area (TPSA) is 57.6 Å². The molecule has 0 saturated heterocycles. The summed E-state index contributed by atoms with van der Waals surface area (Å²) in [4.78, 5) is 22.6. The maximum Gasteiger partial charge on any atom is 0.417 e.